The highest BCUT2D eigenvalue weighted by Crippen LogP contribution is 2.06. The summed E-state index contributed by atoms with van der Waals surface area (Å²) in [4.78, 5) is 14.9. The first-order valence-corrected chi connectivity index (χ1v) is 7.10. The van der Waals surface area contributed by atoms with Gasteiger partial charge in [0.25, 0.3) is 0 Å². The standard InChI is InChI=1S/C11H14N4O3S/c1-2-5-13-11(16)8-15-19(17,18)10-4-3-9(6-12)14-7-10/h3-4,7,15H,2,5,8H2,1H3,(H,13,16). The zero-order valence-corrected chi connectivity index (χ0v) is 11.2. The van der Waals surface area contributed by atoms with Gasteiger partial charge in [0.05, 0.1) is 6.54 Å². The van der Waals surface area contributed by atoms with Crippen LogP contribution in [0.1, 0.15) is 19.0 Å². The summed E-state index contributed by atoms with van der Waals surface area (Å²) in [6, 6.07) is 4.35. The van der Waals surface area contributed by atoms with Crippen molar-refractivity contribution in [1.82, 2.24) is 15.0 Å². The Morgan fingerprint density at radius 2 is 2.21 bits per heavy atom. The van der Waals surface area contributed by atoms with Gasteiger partial charge < -0.3 is 5.32 Å². The minimum absolute atomic E-state index is 0.0882. The SMILES string of the molecule is CCCNC(=O)CNS(=O)(=O)c1ccc(C#N)nc1. The van der Waals surface area contributed by atoms with Crippen molar-refractivity contribution in [3.63, 3.8) is 0 Å². The van der Waals surface area contributed by atoms with Crippen molar-refractivity contribution in [2.45, 2.75) is 18.2 Å². The third-order valence-corrected chi connectivity index (χ3v) is 3.54. The second-order valence-electron chi connectivity index (χ2n) is 3.67. The Hall–Kier alpha value is -1.98. The van der Waals surface area contributed by atoms with Gasteiger partial charge in [-0.15, -0.1) is 0 Å². The van der Waals surface area contributed by atoms with Crippen molar-refractivity contribution in [1.29, 1.82) is 5.26 Å². The van der Waals surface area contributed by atoms with Crippen molar-refractivity contribution in [3.8, 4) is 6.07 Å². The van der Waals surface area contributed by atoms with Gasteiger partial charge in [0.15, 0.2) is 0 Å². The third-order valence-electron chi connectivity index (χ3n) is 2.16. The molecule has 0 aliphatic heterocycles. The Morgan fingerprint density at radius 3 is 2.74 bits per heavy atom. The van der Waals surface area contributed by atoms with Gasteiger partial charge in [0.1, 0.15) is 16.7 Å². The smallest absolute Gasteiger partial charge is 0.242 e. The molecule has 0 fully saturated rings. The molecule has 0 saturated carbocycles. The summed E-state index contributed by atoms with van der Waals surface area (Å²) < 4.78 is 25.8. The molecule has 0 radical (unpaired) electrons. The largest absolute Gasteiger partial charge is 0.355 e. The predicted molar refractivity (Wildman–Crippen MR) is 67.4 cm³/mol. The first kappa shape index (κ1) is 15.1. The van der Waals surface area contributed by atoms with E-state index in [1.54, 1.807) is 6.07 Å². The number of hydrogen-bond donors (Lipinski definition) is 2. The fourth-order valence-corrected chi connectivity index (χ4v) is 2.10. The molecule has 0 aromatic carbocycles. The van der Waals surface area contributed by atoms with Gasteiger partial charge >= 0.3 is 0 Å². The van der Waals surface area contributed by atoms with Crippen LogP contribution in [0.2, 0.25) is 0 Å². The predicted octanol–water partition coefficient (Wildman–Crippen LogP) is -0.242. The Morgan fingerprint density at radius 1 is 1.47 bits per heavy atom. The number of nitriles is 1. The van der Waals surface area contributed by atoms with Gasteiger partial charge in [-0.25, -0.2) is 18.1 Å². The topological polar surface area (TPSA) is 112 Å². The Kier molecular flexibility index (Phi) is 5.41. The summed E-state index contributed by atoms with van der Waals surface area (Å²) in [6.07, 6.45) is 1.85. The molecule has 0 saturated heterocycles. The highest BCUT2D eigenvalue weighted by Gasteiger charge is 2.15. The number of aromatic nitrogens is 1. The molecule has 0 atom stereocenters. The fourth-order valence-electron chi connectivity index (χ4n) is 1.18. The van der Waals surface area contributed by atoms with Gasteiger partial charge in [0.2, 0.25) is 15.9 Å². The van der Waals surface area contributed by atoms with E-state index in [9.17, 15) is 13.2 Å². The maximum absolute atomic E-state index is 11.8. The maximum Gasteiger partial charge on any atom is 0.242 e. The van der Waals surface area contributed by atoms with Crippen molar-refractivity contribution in [3.05, 3.63) is 24.0 Å². The lowest BCUT2D eigenvalue weighted by Gasteiger charge is -2.06. The summed E-state index contributed by atoms with van der Waals surface area (Å²) in [5, 5.41) is 11.1. The number of hydrogen-bond acceptors (Lipinski definition) is 5. The van der Waals surface area contributed by atoms with Crippen LogP contribution in [-0.4, -0.2) is 32.4 Å². The van der Waals surface area contributed by atoms with E-state index in [-0.39, 0.29) is 17.1 Å². The summed E-state index contributed by atoms with van der Waals surface area (Å²) >= 11 is 0. The molecule has 19 heavy (non-hydrogen) atoms. The third kappa shape index (κ3) is 4.65. The van der Waals surface area contributed by atoms with Crippen LogP contribution in [0.3, 0.4) is 0 Å². The van der Waals surface area contributed by atoms with Crippen molar-refractivity contribution in [2.75, 3.05) is 13.1 Å². The molecule has 8 heteroatoms. The molecule has 1 rings (SSSR count). The van der Waals surface area contributed by atoms with Crippen LogP contribution < -0.4 is 10.0 Å². The van der Waals surface area contributed by atoms with Crippen LogP contribution in [-0.2, 0) is 14.8 Å². The number of nitrogens with zero attached hydrogens (tertiary/aromatic N) is 2. The number of carbonyl (C=O) groups excluding carboxylic acids is 1. The zero-order valence-electron chi connectivity index (χ0n) is 10.4. The molecular formula is C11H14N4O3S. The van der Waals surface area contributed by atoms with Gasteiger partial charge in [-0.05, 0) is 18.6 Å². The molecule has 2 N–H and O–H groups in total. The van der Waals surface area contributed by atoms with Crippen LogP contribution in [0.25, 0.3) is 0 Å². The van der Waals surface area contributed by atoms with Gasteiger partial charge in [-0.3, -0.25) is 4.79 Å². The number of nitrogens with one attached hydrogen (secondary N) is 2. The summed E-state index contributed by atoms with van der Waals surface area (Å²) in [5.41, 5.74) is 0.125. The Bertz CT molecular complexity index is 575. The molecule has 1 aromatic heterocycles. The second kappa shape index (κ2) is 6.82. The first-order valence-electron chi connectivity index (χ1n) is 5.62. The zero-order chi connectivity index (χ0) is 14.3. The van der Waals surface area contributed by atoms with E-state index < -0.39 is 15.9 Å². The number of pyridine rings is 1. The number of rotatable bonds is 6. The molecule has 7 nitrogen and oxygen atoms in total. The highest BCUT2D eigenvalue weighted by atomic mass is 32.2. The first-order chi connectivity index (χ1) is 8.99. The van der Waals surface area contributed by atoms with E-state index in [0.29, 0.717) is 6.54 Å². The van der Waals surface area contributed by atoms with E-state index in [4.69, 9.17) is 5.26 Å². The van der Waals surface area contributed by atoms with E-state index in [0.717, 1.165) is 12.6 Å². The molecule has 0 bridgehead atoms. The van der Waals surface area contributed by atoms with E-state index in [1.807, 2.05) is 6.92 Å². The average molecular weight is 282 g/mol. The van der Waals surface area contributed by atoms with Crippen molar-refractivity contribution >= 4 is 15.9 Å². The number of amides is 1. The maximum atomic E-state index is 11.8. The number of carbonyl (C=O) groups is 1. The minimum Gasteiger partial charge on any atom is -0.355 e. The highest BCUT2D eigenvalue weighted by molar-refractivity contribution is 7.89. The lowest BCUT2D eigenvalue weighted by Crippen LogP contribution is -2.37. The minimum atomic E-state index is -3.79. The number of sulfonamides is 1. The van der Waals surface area contributed by atoms with E-state index in [2.05, 4.69) is 15.0 Å². The second-order valence-corrected chi connectivity index (χ2v) is 5.43. The molecule has 1 heterocycles. The monoisotopic (exact) mass is 282 g/mol. The summed E-state index contributed by atoms with van der Waals surface area (Å²) in [5.74, 6) is -0.396. The van der Waals surface area contributed by atoms with Gasteiger partial charge in [0, 0.05) is 12.7 Å². The molecule has 0 unspecified atom stereocenters. The van der Waals surface area contributed by atoms with Crippen LogP contribution in [0.4, 0.5) is 0 Å². The van der Waals surface area contributed by atoms with E-state index >= 15 is 0 Å². The van der Waals surface area contributed by atoms with E-state index in [1.165, 1.54) is 12.1 Å². The van der Waals surface area contributed by atoms with Crippen LogP contribution in [0, 0.1) is 11.3 Å². The fraction of sp³-hybridized carbons (Fsp3) is 0.364. The van der Waals surface area contributed by atoms with Crippen LogP contribution in [0.15, 0.2) is 23.2 Å². The molecule has 102 valence electrons. The van der Waals surface area contributed by atoms with Crippen LogP contribution in [0.5, 0.6) is 0 Å². The van der Waals surface area contributed by atoms with Gasteiger partial charge in [-0.1, -0.05) is 6.92 Å². The molecule has 0 aliphatic rings. The van der Waals surface area contributed by atoms with Crippen molar-refractivity contribution < 1.29 is 13.2 Å². The quantitative estimate of drug-likeness (QED) is 0.747. The lowest BCUT2D eigenvalue weighted by atomic mass is 10.4. The molecule has 1 amide bonds. The molecule has 1 aromatic rings. The van der Waals surface area contributed by atoms with Crippen LogP contribution >= 0.6 is 0 Å². The molecule has 0 spiro atoms. The molecule has 0 aliphatic carbocycles. The Balaban J connectivity index is 2.65. The summed E-state index contributed by atoms with van der Waals surface area (Å²) in [6.45, 7) is 2.06. The van der Waals surface area contributed by atoms with Crippen molar-refractivity contribution in [2.24, 2.45) is 0 Å². The summed E-state index contributed by atoms with van der Waals surface area (Å²) in [7, 11) is -3.79. The van der Waals surface area contributed by atoms with Gasteiger partial charge in [-0.2, -0.15) is 5.26 Å². The lowest BCUT2D eigenvalue weighted by molar-refractivity contribution is -0.119. The normalized spacial score (nSPS) is 10.7. The average Bonchev–Trinajstić information content (AvgIpc) is 2.43. The molecular weight excluding hydrogens is 268 g/mol. The Labute approximate surface area is 111 Å².